The maximum atomic E-state index is 11.6. The fourth-order valence-corrected chi connectivity index (χ4v) is 2.07. The van der Waals surface area contributed by atoms with Crippen molar-refractivity contribution in [1.82, 2.24) is 10.5 Å². The molecule has 2 N–H and O–H groups in total. The Bertz CT molecular complexity index is 578. The molecular formula is C12H10N2O3S. The summed E-state index contributed by atoms with van der Waals surface area (Å²) in [4.78, 5) is 12.5. The maximum Gasteiger partial charge on any atom is 0.290 e. The summed E-state index contributed by atoms with van der Waals surface area (Å²) in [5.74, 6) is 5.26. The fraction of sp³-hybridized carbons (Fsp3) is 0.167. The van der Waals surface area contributed by atoms with E-state index in [-0.39, 0.29) is 18.3 Å². The van der Waals surface area contributed by atoms with Crippen LogP contribution in [0.15, 0.2) is 28.2 Å². The molecule has 0 aliphatic carbocycles. The van der Waals surface area contributed by atoms with Crippen LogP contribution >= 0.6 is 11.3 Å². The quantitative estimate of drug-likeness (QED) is 0.809. The van der Waals surface area contributed by atoms with Gasteiger partial charge in [0.2, 0.25) is 5.76 Å². The smallest absolute Gasteiger partial charge is 0.290 e. The minimum Gasteiger partial charge on any atom is -0.384 e. The molecule has 0 saturated carbocycles. The third-order valence-corrected chi connectivity index (χ3v) is 3.04. The van der Waals surface area contributed by atoms with E-state index in [0.717, 1.165) is 10.4 Å². The summed E-state index contributed by atoms with van der Waals surface area (Å²) in [7, 11) is 0. The predicted molar refractivity (Wildman–Crippen MR) is 66.0 cm³/mol. The first-order valence-corrected chi connectivity index (χ1v) is 6.04. The summed E-state index contributed by atoms with van der Waals surface area (Å²) in [6, 6.07) is 3.35. The van der Waals surface area contributed by atoms with E-state index in [1.165, 1.54) is 23.6 Å². The number of aromatic nitrogens is 1. The number of hydrogen-bond acceptors (Lipinski definition) is 5. The molecule has 0 aliphatic heterocycles. The lowest BCUT2D eigenvalue weighted by atomic mass is 10.2. The van der Waals surface area contributed by atoms with E-state index >= 15 is 0 Å². The second-order valence-electron chi connectivity index (χ2n) is 3.28. The first-order chi connectivity index (χ1) is 8.81. The Balaban J connectivity index is 1.98. The normalized spacial score (nSPS) is 9.61. The second kappa shape index (κ2) is 6.00. The summed E-state index contributed by atoms with van der Waals surface area (Å²) in [5.41, 5.74) is 0.812. The van der Waals surface area contributed by atoms with Crippen LogP contribution in [0.25, 0.3) is 0 Å². The Morgan fingerprint density at radius 3 is 3.17 bits per heavy atom. The summed E-state index contributed by atoms with van der Waals surface area (Å²) in [6.07, 6.45) is 1.41. The van der Waals surface area contributed by atoms with Crippen molar-refractivity contribution in [3.8, 4) is 11.8 Å². The number of nitrogens with zero attached hydrogens (tertiary/aromatic N) is 1. The SMILES string of the molecule is O=C(NCc1sccc1C#CCO)c1ccno1. The van der Waals surface area contributed by atoms with Gasteiger partial charge in [0.05, 0.1) is 12.7 Å². The first-order valence-electron chi connectivity index (χ1n) is 5.16. The number of rotatable bonds is 3. The molecule has 2 heterocycles. The second-order valence-corrected chi connectivity index (χ2v) is 4.28. The van der Waals surface area contributed by atoms with Gasteiger partial charge >= 0.3 is 0 Å². The molecule has 18 heavy (non-hydrogen) atoms. The molecule has 92 valence electrons. The number of aliphatic hydroxyl groups is 1. The number of hydrogen-bond donors (Lipinski definition) is 2. The number of nitrogens with one attached hydrogen (secondary N) is 1. The average Bonchev–Trinajstić information content (AvgIpc) is 3.04. The Morgan fingerprint density at radius 2 is 2.44 bits per heavy atom. The molecule has 2 aromatic heterocycles. The van der Waals surface area contributed by atoms with Crippen LogP contribution in [-0.4, -0.2) is 22.8 Å². The van der Waals surface area contributed by atoms with Gasteiger partial charge in [0, 0.05) is 16.5 Å². The van der Waals surface area contributed by atoms with Gasteiger partial charge in [0.25, 0.3) is 5.91 Å². The van der Waals surface area contributed by atoms with Crippen LogP contribution in [0.3, 0.4) is 0 Å². The minimum atomic E-state index is -0.318. The van der Waals surface area contributed by atoms with Gasteiger partial charge in [-0.25, -0.2) is 0 Å². The van der Waals surface area contributed by atoms with E-state index in [2.05, 4.69) is 22.3 Å². The van der Waals surface area contributed by atoms with E-state index in [1.807, 2.05) is 11.4 Å². The fourth-order valence-electron chi connectivity index (χ4n) is 1.30. The molecule has 0 unspecified atom stereocenters. The predicted octanol–water partition coefficient (Wildman–Crippen LogP) is 1.01. The third-order valence-electron chi connectivity index (χ3n) is 2.12. The molecule has 0 fully saturated rings. The summed E-state index contributed by atoms with van der Waals surface area (Å²) >= 11 is 1.49. The summed E-state index contributed by atoms with van der Waals surface area (Å²) in [5, 5.41) is 16.7. The zero-order valence-corrected chi connectivity index (χ0v) is 10.2. The molecule has 0 spiro atoms. The van der Waals surface area contributed by atoms with Crippen molar-refractivity contribution in [2.45, 2.75) is 6.54 Å². The Hall–Kier alpha value is -2.10. The highest BCUT2D eigenvalue weighted by molar-refractivity contribution is 7.10. The summed E-state index contributed by atoms with van der Waals surface area (Å²) < 4.78 is 4.74. The van der Waals surface area contributed by atoms with Gasteiger partial charge < -0.3 is 14.9 Å². The zero-order valence-electron chi connectivity index (χ0n) is 9.34. The molecule has 2 aromatic rings. The van der Waals surface area contributed by atoms with Crippen molar-refractivity contribution in [3.05, 3.63) is 39.9 Å². The van der Waals surface area contributed by atoms with E-state index in [9.17, 15) is 4.79 Å². The molecule has 5 nitrogen and oxygen atoms in total. The van der Waals surface area contributed by atoms with Gasteiger partial charge in [-0.1, -0.05) is 17.0 Å². The van der Waals surface area contributed by atoms with Crippen molar-refractivity contribution in [2.75, 3.05) is 6.61 Å². The van der Waals surface area contributed by atoms with E-state index in [1.54, 1.807) is 0 Å². The number of aliphatic hydroxyl groups excluding tert-OH is 1. The van der Waals surface area contributed by atoms with E-state index < -0.39 is 0 Å². The van der Waals surface area contributed by atoms with Gasteiger partial charge in [-0.15, -0.1) is 11.3 Å². The summed E-state index contributed by atoms with van der Waals surface area (Å²) in [6.45, 7) is 0.187. The first kappa shape index (κ1) is 12.4. The van der Waals surface area contributed by atoms with Crippen LogP contribution in [-0.2, 0) is 6.54 Å². The average molecular weight is 262 g/mol. The van der Waals surface area contributed by atoms with Crippen LogP contribution in [0, 0.1) is 11.8 Å². The van der Waals surface area contributed by atoms with Gasteiger partial charge in [0.1, 0.15) is 6.61 Å². The van der Waals surface area contributed by atoms with Gasteiger partial charge in [-0.3, -0.25) is 4.79 Å². The lowest BCUT2D eigenvalue weighted by molar-refractivity contribution is 0.0914. The molecule has 0 aromatic carbocycles. The lowest BCUT2D eigenvalue weighted by Crippen LogP contribution is -2.22. The van der Waals surface area contributed by atoms with E-state index in [0.29, 0.717) is 6.54 Å². The molecule has 6 heteroatoms. The molecule has 0 bridgehead atoms. The molecule has 2 rings (SSSR count). The lowest BCUT2D eigenvalue weighted by Gasteiger charge is -2.01. The van der Waals surface area contributed by atoms with Gasteiger partial charge in [-0.2, -0.15) is 0 Å². The largest absolute Gasteiger partial charge is 0.384 e. The number of carbonyl (C=O) groups excluding carboxylic acids is 1. The van der Waals surface area contributed by atoms with Crippen LogP contribution in [0.2, 0.25) is 0 Å². The highest BCUT2D eigenvalue weighted by atomic mass is 32.1. The standard InChI is InChI=1S/C12H10N2O3S/c15-6-1-2-9-4-7-18-11(9)8-13-12(16)10-3-5-14-17-10/h3-5,7,15H,6,8H2,(H,13,16). The van der Waals surface area contributed by atoms with Crippen molar-refractivity contribution < 1.29 is 14.4 Å². The highest BCUT2D eigenvalue weighted by Crippen LogP contribution is 2.15. The van der Waals surface area contributed by atoms with Crippen molar-refractivity contribution in [1.29, 1.82) is 0 Å². The molecule has 0 atom stereocenters. The zero-order chi connectivity index (χ0) is 12.8. The molecule has 0 radical (unpaired) electrons. The number of carbonyl (C=O) groups is 1. The maximum absolute atomic E-state index is 11.6. The van der Waals surface area contributed by atoms with Crippen molar-refractivity contribution >= 4 is 17.2 Å². The van der Waals surface area contributed by atoms with Crippen molar-refractivity contribution in [3.63, 3.8) is 0 Å². The van der Waals surface area contributed by atoms with Crippen LogP contribution in [0.1, 0.15) is 21.0 Å². The minimum absolute atomic E-state index is 0.176. The van der Waals surface area contributed by atoms with Crippen LogP contribution in [0.5, 0.6) is 0 Å². The van der Waals surface area contributed by atoms with Crippen LogP contribution in [0.4, 0.5) is 0 Å². The molecular weight excluding hydrogens is 252 g/mol. The Morgan fingerprint density at radius 1 is 1.56 bits per heavy atom. The molecule has 0 saturated heterocycles. The van der Waals surface area contributed by atoms with Crippen molar-refractivity contribution in [2.24, 2.45) is 0 Å². The highest BCUT2D eigenvalue weighted by Gasteiger charge is 2.10. The van der Waals surface area contributed by atoms with Crippen LogP contribution < -0.4 is 5.32 Å². The Kier molecular flexibility index (Phi) is 4.12. The van der Waals surface area contributed by atoms with Gasteiger partial charge in [0.15, 0.2) is 0 Å². The topological polar surface area (TPSA) is 75.4 Å². The monoisotopic (exact) mass is 262 g/mol. The third kappa shape index (κ3) is 2.97. The Labute approximate surface area is 107 Å². The molecule has 0 aliphatic rings. The number of thiophene rings is 1. The van der Waals surface area contributed by atoms with E-state index in [4.69, 9.17) is 9.63 Å². The number of amides is 1. The van der Waals surface area contributed by atoms with Gasteiger partial charge in [-0.05, 0) is 11.4 Å². The molecule has 1 amide bonds.